The number of aliphatic imine (C=N–C) groups is 1. The van der Waals surface area contributed by atoms with Gasteiger partial charge in [-0.05, 0) is 4.99 Å². The Morgan fingerprint density at radius 1 is 1.59 bits per heavy atom. The summed E-state index contributed by atoms with van der Waals surface area (Å²) in [6.07, 6.45) is 1.53. The number of nitrogens with zero attached hydrogens (tertiary/aromatic N) is 4. The van der Waals surface area contributed by atoms with Gasteiger partial charge in [0.2, 0.25) is 0 Å². The molecule has 0 N–H and O–H groups in total. The van der Waals surface area contributed by atoms with Crippen molar-refractivity contribution in [2.45, 2.75) is 6.04 Å². The molecule has 0 bridgehead atoms. The Labute approximate surface area is 107 Å². The number of hydrogen-bond donors (Lipinski definition) is 0. The molecule has 2 aliphatic rings. The number of halogens is 1. The highest BCUT2D eigenvalue weighted by molar-refractivity contribution is 9.18. The number of carbonyl (C=O) groups excluding carboxylic acids is 2. The molecule has 2 rings (SSSR count). The van der Waals surface area contributed by atoms with Gasteiger partial charge in [0, 0.05) is 13.6 Å². The first-order chi connectivity index (χ1) is 7.99. The highest BCUT2D eigenvalue weighted by atomic mass is 79.9. The fourth-order valence-electron chi connectivity index (χ4n) is 1.87. The number of amidine groups is 2. The molecule has 0 aromatic heterocycles. The van der Waals surface area contributed by atoms with E-state index in [0.717, 1.165) is 0 Å². The van der Waals surface area contributed by atoms with Crippen molar-refractivity contribution in [3.63, 3.8) is 0 Å². The number of imide groups is 1. The Kier molecular flexibility index (Phi) is 2.86. The molecule has 7 heteroatoms. The Morgan fingerprint density at radius 2 is 2.24 bits per heavy atom. The van der Waals surface area contributed by atoms with Crippen LogP contribution in [0.4, 0.5) is 4.79 Å². The van der Waals surface area contributed by atoms with Crippen molar-refractivity contribution in [3.8, 4) is 0 Å². The first kappa shape index (κ1) is 12.0. The minimum atomic E-state index is -0.535. The van der Waals surface area contributed by atoms with E-state index in [4.69, 9.17) is 0 Å². The number of hydrogen-bond acceptors (Lipinski definition) is 3. The van der Waals surface area contributed by atoms with Gasteiger partial charge in [0.1, 0.15) is 0 Å². The van der Waals surface area contributed by atoms with Crippen LogP contribution in [0.3, 0.4) is 0 Å². The monoisotopic (exact) mass is 299 g/mol. The maximum Gasteiger partial charge on any atom is 0.364 e. The summed E-state index contributed by atoms with van der Waals surface area (Å²) in [6.45, 7) is 3.75. The molecule has 1 atom stereocenters. The predicted octanol–water partition coefficient (Wildman–Crippen LogP) is 0.240. The zero-order valence-corrected chi connectivity index (χ0v) is 11.1. The van der Waals surface area contributed by atoms with Crippen molar-refractivity contribution in [3.05, 3.63) is 12.7 Å². The lowest BCUT2D eigenvalue weighted by Crippen LogP contribution is -2.62. The van der Waals surface area contributed by atoms with Crippen LogP contribution in [0.25, 0.3) is 0 Å². The van der Waals surface area contributed by atoms with Gasteiger partial charge in [0.15, 0.2) is 0 Å². The minimum Gasteiger partial charge on any atom is -0.269 e. The van der Waals surface area contributed by atoms with E-state index in [1.807, 2.05) is 0 Å². The van der Waals surface area contributed by atoms with Crippen LogP contribution in [0.2, 0.25) is 0 Å². The van der Waals surface area contributed by atoms with E-state index in [-0.39, 0.29) is 18.5 Å². The third-order valence-electron chi connectivity index (χ3n) is 2.80. The molecule has 1 unspecified atom stereocenters. The van der Waals surface area contributed by atoms with Crippen LogP contribution in [-0.4, -0.2) is 63.6 Å². The lowest BCUT2D eigenvalue weighted by molar-refractivity contribution is -0.502. The highest BCUT2D eigenvalue weighted by Crippen LogP contribution is 2.20. The summed E-state index contributed by atoms with van der Waals surface area (Å²) in [7, 11) is 3.36. The summed E-state index contributed by atoms with van der Waals surface area (Å²) in [5, 5.41) is 0. The molecule has 90 valence electrons. The minimum absolute atomic E-state index is 0.206. The maximum absolute atomic E-state index is 12.2. The summed E-state index contributed by atoms with van der Waals surface area (Å²) in [6, 6.07) is -0.910. The second kappa shape index (κ2) is 4.06. The fourth-order valence-corrected chi connectivity index (χ4v) is 2.25. The molecule has 2 heterocycles. The molecular weight excluding hydrogens is 288 g/mol. The molecule has 3 amide bonds. The molecule has 0 radical (unpaired) electrons. The summed E-state index contributed by atoms with van der Waals surface area (Å²) in [5.74, 6) is 0.179. The topological polar surface area (TPSA) is 56.0 Å². The van der Waals surface area contributed by atoms with Gasteiger partial charge in [-0.1, -0.05) is 6.08 Å². The summed E-state index contributed by atoms with van der Waals surface area (Å²) < 4.78 is 2.24. The van der Waals surface area contributed by atoms with E-state index in [2.05, 4.69) is 27.5 Å². The van der Waals surface area contributed by atoms with Gasteiger partial charge in [0.25, 0.3) is 17.8 Å². The lowest BCUT2D eigenvalue weighted by atomic mass is 10.1. The van der Waals surface area contributed by atoms with Crippen molar-refractivity contribution in [1.29, 1.82) is 0 Å². The molecule has 0 saturated carbocycles. The standard InChI is InChI=1S/C10H12BrN4O2/c1-4-5-15-8(16)6-7(14(3)10(15)17)12-9(11)13(6)2/h4,6H,1,5H2,2-3H3/q+1. The van der Waals surface area contributed by atoms with Crippen molar-refractivity contribution >= 4 is 38.4 Å². The zero-order valence-electron chi connectivity index (χ0n) is 9.55. The highest BCUT2D eigenvalue weighted by Gasteiger charge is 2.52. The Balaban J connectivity index is 2.43. The Morgan fingerprint density at radius 3 is 2.82 bits per heavy atom. The maximum atomic E-state index is 12.2. The first-order valence-corrected chi connectivity index (χ1v) is 5.82. The smallest absolute Gasteiger partial charge is 0.269 e. The average Bonchev–Trinajstić information content (AvgIpc) is 2.59. The number of amides is 3. The van der Waals surface area contributed by atoms with Crippen molar-refractivity contribution < 1.29 is 14.2 Å². The normalized spacial score (nSPS) is 24.2. The van der Waals surface area contributed by atoms with E-state index in [1.54, 1.807) is 18.7 Å². The third kappa shape index (κ3) is 1.61. The van der Waals surface area contributed by atoms with Crippen LogP contribution in [-0.2, 0) is 4.79 Å². The molecule has 0 aliphatic carbocycles. The average molecular weight is 300 g/mol. The summed E-state index contributed by atoms with van der Waals surface area (Å²) in [5.41, 5.74) is 0. The van der Waals surface area contributed by atoms with Gasteiger partial charge >= 0.3 is 10.8 Å². The second-order valence-corrected chi connectivity index (χ2v) is 4.54. The molecule has 0 aromatic carbocycles. The van der Waals surface area contributed by atoms with E-state index in [9.17, 15) is 9.59 Å². The molecule has 0 spiro atoms. The van der Waals surface area contributed by atoms with E-state index < -0.39 is 6.04 Å². The zero-order chi connectivity index (χ0) is 12.7. The van der Waals surface area contributed by atoms with Gasteiger partial charge in [0.05, 0.1) is 23.0 Å². The van der Waals surface area contributed by atoms with E-state index in [1.165, 1.54) is 15.9 Å². The molecule has 1 saturated heterocycles. The number of urea groups is 1. The SMILES string of the molecule is C=CCN1C(=O)C2C(=NC(Br)=[N+]2C)N(C)C1=O. The number of rotatable bonds is 2. The van der Waals surface area contributed by atoms with Crippen molar-refractivity contribution in [2.75, 3.05) is 20.6 Å². The van der Waals surface area contributed by atoms with E-state index in [0.29, 0.717) is 10.6 Å². The molecule has 1 fully saturated rings. The Hall–Kier alpha value is -1.50. The first-order valence-electron chi connectivity index (χ1n) is 5.03. The van der Waals surface area contributed by atoms with Crippen LogP contribution < -0.4 is 0 Å². The van der Waals surface area contributed by atoms with Crippen LogP contribution >= 0.6 is 15.9 Å². The molecular formula is C10H12BrN4O2+. The van der Waals surface area contributed by atoms with Crippen molar-refractivity contribution in [1.82, 2.24) is 9.80 Å². The number of likely N-dealkylation sites (N-methyl/N-ethyl adjacent to an activating group) is 2. The van der Waals surface area contributed by atoms with Gasteiger partial charge in [-0.2, -0.15) is 0 Å². The Bertz CT molecular complexity index is 483. The third-order valence-corrected chi connectivity index (χ3v) is 3.54. The largest absolute Gasteiger partial charge is 0.364 e. The lowest BCUT2D eigenvalue weighted by Gasteiger charge is -2.31. The van der Waals surface area contributed by atoms with Gasteiger partial charge < -0.3 is 0 Å². The molecule has 17 heavy (non-hydrogen) atoms. The summed E-state index contributed by atoms with van der Waals surface area (Å²) in [4.78, 5) is 30.9. The molecule has 2 aliphatic heterocycles. The van der Waals surface area contributed by atoms with Crippen LogP contribution in [0.1, 0.15) is 0 Å². The van der Waals surface area contributed by atoms with Gasteiger partial charge in [-0.25, -0.2) is 9.37 Å². The fraction of sp³-hybridized carbons (Fsp3) is 0.400. The number of fused-ring (bicyclic) bond motifs is 1. The number of carbonyl (C=O) groups is 2. The van der Waals surface area contributed by atoms with Crippen LogP contribution in [0, 0.1) is 0 Å². The summed E-state index contributed by atoms with van der Waals surface area (Å²) >= 11 is 3.25. The molecule has 0 aromatic rings. The second-order valence-electron chi connectivity index (χ2n) is 3.83. The van der Waals surface area contributed by atoms with Crippen LogP contribution in [0.15, 0.2) is 17.6 Å². The van der Waals surface area contributed by atoms with Crippen molar-refractivity contribution in [2.24, 2.45) is 4.99 Å². The van der Waals surface area contributed by atoms with E-state index >= 15 is 0 Å². The predicted molar refractivity (Wildman–Crippen MR) is 66.4 cm³/mol. The van der Waals surface area contributed by atoms with Gasteiger partial charge in [-0.3, -0.25) is 14.6 Å². The van der Waals surface area contributed by atoms with Gasteiger partial charge in [-0.15, -0.1) is 6.58 Å². The molecule has 6 nitrogen and oxygen atoms in total. The quantitative estimate of drug-likeness (QED) is 0.417. The van der Waals surface area contributed by atoms with Crippen LogP contribution in [0.5, 0.6) is 0 Å².